The highest BCUT2D eigenvalue weighted by Crippen LogP contribution is 2.30. The zero-order valence-corrected chi connectivity index (χ0v) is 12.8. The molecule has 102 valence electrons. The van der Waals surface area contributed by atoms with Crippen molar-refractivity contribution in [3.63, 3.8) is 0 Å². The van der Waals surface area contributed by atoms with E-state index in [0.29, 0.717) is 29.1 Å². The second kappa shape index (κ2) is 5.90. The molecule has 0 unspecified atom stereocenters. The summed E-state index contributed by atoms with van der Waals surface area (Å²) in [6.07, 6.45) is 3.55. The van der Waals surface area contributed by atoms with Gasteiger partial charge >= 0.3 is 0 Å². The Bertz CT molecular complexity index is 494. The van der Waals surface area contributed by atoms with Crippen molar-refractivity contribution in [2.45, 2.75) is 36.3 Å². The van der Waals surface area contributed by atoms with Crippen LogP contribution in [0.1, 0.15) is 31.7 Å². The third-order valence-corrected chi connectivity index (χ3v) is 7.13. The van der Waals surface area contributed by atoms with Gasteiger partial charge in [-0.1, -0.05) is 13.3 Å². The predicted octanol–water partition coefficient (Wildman–Crippen LogP) is 3.30. The molecule has 0 aliphatic heterocycles. The summed E-state index contributed by atoms with van der Waals surface area (Å²) >= 11 is 6.98. The fourth-order valence-electron chi connectivity index (χ4n) is 2.05. The maximum Gasteiger partial charge on any atom is 0.252 e. The molecule has 0 spiro atoms. The molecule has 0 N–H and O–H groups in total. The van der Waals surface area contributed by atoms with Crippen LogP contribution < -0.4 is 0 Å². The van der Waals surface area contributed by atoms with E-state index in [1.165, 1.54) is 17.8 Å². The first-order chi connectivity index (χ1) is 8.57. The van der Waals surface area contributed by atoms with Crippen molar-refractivity contribution in [1.82, 2.24) is 4.31 Å². The standard InChI is InChI=1S/C12H18ClNO2S2/c1-2-14(8-10-4-3-5-10)18(15,16)12-6-11(7-13)9-17-12/h6,9-10H,2-5,7-8H2,1H3. The Labute approximate surface area is 118 Å². The van der Waals surface area contributed by atoms with E-state index >= 15 is 0 Å². The Morgan fingerprint density at radius 2 is 2.22 bits per heavy atom. The molecule has 6 heteroatoms. The van der Waals surface area contributed by atoms with Gasteiger partial charge in [-0.25, -0.2) is 8.42 Å². The first-order valence-electron chi connectivity index (χ1n) is 6.21. The highest BCUT2D eigenvalue weighted by Gasteiger charge is 2.29. The van der Waals surface area contributed by atoms with Crippen molar-refractivity contribution in [1.29, 1.82) is 0 Å². The minimum Gasteiger partial charge on any atom is -0.206 e. The van der Waals surface area contributed by atoms with Gasteiger partial charge in [-0.05, 0) is 35.8 Å². The van der Waals surface area contributed by atoms with Gasteiger partial charge in [0.05, 0.1) is 0 Å². The number of thiophene rings is 1. The van der Waals surface area contributed by atoms with Crippen LogP contribution in [0.15, 0.2) is 15.7 Å². The molecule has 0 aromatic carbocycles. The Morgan fingerprint density at radius 3 is 2.67 bits per heavy atom. The van der Waals surface area contributed by atoms with Crippen LogP contribution in [0.4, 0.5) is 0 Å². The van der Waals surface area contributed by atoms with E-state index in [-0.39, 0.29) is 0 Å². The summed E-state index contributed by atoms with van der Waals surface area (Å²) in [4.78, 5) is 0. The topological polar surface area (TPSA) is 37.4 Å². The van der Waals surface area contributed by atoms with E-state index < -0.39 is 10.0 Å². The highest BCUT2D eigenvalue weighted by atomic mass is 35.5. The lowest BCUT2D eigenvalue weighted by Crippen LogP contribution is -2.36. The van der Waals surface area contributed by atoms with Gasteiger partial charge in [0.25, 0.3) is 10.0 Å². The maximum absolute atomic E-state index is 12.5. The quantitative estimate of drug-likeness (QED) is 0.756. The summed E-state index contributed by atoms with van der Waals surface area (Å²) in [5, 5.41) is 1.82. The molecule has 1 fully saturated rings. The Morgan fingerprint density at radius 1 is 1.50 bits per heavy atom. The van der Waals surface area contributed by atoms with Crippen LogP contribution in [-0.4, -0.2) is 25.8 Å². The van der Waals surface area contributed by atoms with Crippen molar-refractivity contribution in [2.24, 2.45) is 5.92 Å². The summed E-state index contributed by atoms with van der Waals surface area (Å²) in [6.45, 7) is 3.09. The number of rotatable bonds is 6. The molecule has 0 radical (unpaired) electrons. The molecule has 1 saturated carbocycles. The first kappa shape index (κ1) is 14.3. The molecule has 1 aliphatic rings. The Balaban J connectivity index is 2.16. The van der Waals surface area contributed by atoms with Crippen LogP contribution >= 0.6 is 22.9 Å². The molecule has 18 heavy (non-hydrogen) atoms. The van der Waals surface area contributed by atoms with Crippen molar-refractivity contribution in [3.05, 3.63) is 17.0 Å². The third kappa shape index (κ3) is 2.90. The lowest BCUT2D eigenvalue weighted by molar-refractivity contribution is 0.250. The summed E-state index contributed by atoms with van der Waals surface area (Å²) < 4.78 is 26.9. The van der Waals surface area contributed by atoms with Crippen LogP contribution in [0.3, 0.4) is 0 Å². The molecule has 1 aliphatic carbocycles. The minimum atomic E-state index is -3.32. The SMILES string of the molecule is CCN(CC1CCC1)S(=O)(=O)c1cc(CCl)cs1. The minimum absolute atomic E-state index is 0.362. The van der Waals surface area contributed by atoms with Gasteiger partial charge in [0, 0.05) is 19.0 Å². The summed E-state index contributed by atoms with van der Waals surface area (Å²) in [6, 6.07) is 1.69. The van der Waals surface area contributed by atoms with Gasteiger partial charge in [-0.15, -0.1) is 22.9 Å². The molecule has 0 bridgehead atoms. The average molecular weight is 308 g/mol. The average Bonchev–Trinajstić information content (AvgIpc) is 2.76. The smallest absolute Gasteiger partial charge is 0.206 e. The lowest BCUT2D eigenvalue weighted by Gasteiger charge is -2.30. The van der Waals surface area contributed by atoms with E-state index in [4.69, 9.17) is 11.6 Å². The molecule has 2 rings (SSSR count). The van der Waals surface area contributed by atoms with E-state index in [2.05, 4.69) is 0 Å². The number of sulfonamides is 1. The molecule has 1 aromatic heterocycles. The van der Waals surface area contributed by atoms with E-state index in [1.54, 1.807) is 10.4 Å². The zero-order chi connectivity index (χ0) is 13.2. The number of hydrogen-bond acceptors (Lipinski definition) is 3. The monoisotopic (exact) mass is 307 g/mol. The van der Waals surface area contributed by atoms with Gasteiger partial charge in [-0.2, -0.15) is 4.31 Å². The molecule has 1 heterocycles. The molecule has 0 amide bonds. The number of alkyl halides is 1. The van der Waals surface area contributed by atoms with Gasteiger partial charge in [0.1, 0.15) is 4.21 Å². The van der Waals surface area contributed by atoms with Gasteiger partial charge in [0.2, 0.25) is 0 Å². The highest BCUT2D eigenvalue weighted by molar-refractivity contribution is 7.91. The summed E-state index contributed by atoms with van der Waals surface area (Å²) in [5.74, 6) is 0.910. The van der Waals surface area contributed by atoms with E-state index in [9.17, 15) is 8.42 Å². The van der Waals surface area contributed by atoms with Crippen LogP contribution in [0.25, 0.3) is 0 Å². The molecule has 1 aromatic rings. The van der Waals surface area contributed by atoms with Crippen LogP contribution in [0.2, 0.25) is 0 Å². The van der Waals surface area contributed by atoms with Crippen molar-refractivity contribution in [3.8, 4) is 0 Å². The molecule has 3 nitrogen and oxygen atoms in total. The van der Waals surface area contributed by atoms with E-state index in [1.807, 2.05) is 12.3 Å². The summed E-state index contributed by atoms with van der Waals surface area (Å²) in [7, 11) is -3.32. The zero-order valence-electron chi connectivity index (χ0n) is 10.4. The third-order valence-electron chi connectivity index (χ3n) is 3.42. The van der Waals surface area contributed by atoms with Crippen molar-refractivity contribution >= 4 is 33.0 Å². The number of nitrogens with zero attached hydrogens (tertiary/aromatic N) is 1. The van der Waals surface area contributed by atoms with Crippen LogP contribution in [0.5, 0.6) is 0 Å². The number of hydrogen-bond donors (Lipinski definition) is 0. The van der Waals surface area contributed by atoms with Crippen LogP contribution in [0, 0.1) is 5.92 Å². The Hall–Kier alpha value is -0.100. The molecule has 0 saturated heterocycles. The maximum atomic E-state index is 12.5. The largest absolute Gasteiger partial charge is 0.252 e. The molecular formula is C12H18ClNO2S2. The molecular weight excluding hydrogens is 290 g/mol. The second-order valence-electron chi connectivity index (χ2n) is 4.66. The Kier molecular flexibility index (Phi) is 4.69. The van der Waals surface area contributed by atoms with Crippen molar-refractivity contribution in [2.75, 3.05) is 13.1 Å². The second-order valence-corrected chi connectivity index (χ2v) is 8.00. The normalized spacial score (nSPS) is 17.1. The van der Waals surface area contributed by atoms with Gasteiger partial charge in [0.15, 0.2) is 0 Å². The molecule has 0 atom stereocenters. The van der Waals surface area contributed by atoms with Gasteiger partial charge < -0.3 is 0 Å². The van der Waals surface area contributed by atoms with Gasteiger partial charge in [-0.3, -0.25) is 0 Å². The van der Waals surface area contributed by atoms with Crippen LogP contribution in [-0.2, 0) is 15.9 Å². The number of halogens is 1. The lowest BCUT2D eigenvalue weighted by atomic mass is 9.85. The fourth-order valence-corrected chi connectivity index (χ4v) is 5.18. The van der Waals surface area contributed by atoms with E-state index in [0.717, 1.165) is 18.4 Å². The predicted molar refractivity (Wildman–Crippen MR) is 75.6 cm³/mol. The van der Waals surface area contributed by atoms with Crippen molar-refractivity contribution < 1.29 is 8.42 Å². The fraction of sp³-hybridized carbons (Fsp3) is 0.667. The first-order valence-corrected chi connectivity index (χ1v) is 9.07. The summed E-state index contributed by atoms with van der Waals surface area (Å²) in [5.41, 5.74) is 0.875.